The summed E-state index contributed by atoms with van der Waals surface area (Å²) in [7, 11) is 1.45. The lowest BCUT2D eigenvalue weighted by Gasteiger charge is -2.15. The number of esters is 1. The zero-order valence-electron chi connectivity index (χ0n) is 16.7. The van der Waals surface area contributed by atoms with Crippen LogP contribution in [0.25, 0.3) is 0 Å². The molecule has 0 spiro atoms. The molecule has 0 aromatic carbocycles. The molecule has 1 atom stereocenters. The number of likely N-dealkylation sites (tertiary alicyclic amines) is 1. The summed E-state index contributed by atoms with van der Waals surface area (Å²) < 4.78 is 4.63. The minimum absolute atomic E-state index is 0.0933. The smallest absolute Gasteiger partial charge is 0.305 e. The SMILES string of the molecule is COC(=O)CCCCCCCCCCCCCCC(=O)N1CC[C@H](O)C1. The lowest BCUT2D eigenvalue weighted by atomic mass is 10.0. The summed E-state index contributed by atoms with van der Waals surface area (Å²) >= 11 is 0. The summed E-state index contributed by atoms with van der Waals surface area (Å²) in [6, 6.07) is 0. The van der Waals surface area contributed by atoms with E-state index in [1.807, 2.05) is 0 Å². The number of unbranched alkanes of at least 4 members (excludes halogenated alkanes) is 11. The number of nitrogens with zero attached hydrogens (tertiary/aromatic N) is 1. The van der Waals surface area contributed by atoms with E-state index in [2.05, 4.69) is 4.74 Å². The van der Waals surface area contributed by atoms with E-state index < -0.39 is 0 Å². The molecule has 1 N–H and O–H groups in total. The summed E-state index contributed by atoms with van der Waals surface area (Å²) in [6.07, 6.45) is 16.1. The zero-order chi connectivity index (χ0) is 19.0. The van der Waals surface area contributed by atoms with Gasteiger partial charge < -0.3 is 14.7 Å². The average Bonchev–Trinajstić information content (AvgIpc) is 3.08. The molecule has 152 valence electrons. The lowest BCUT2D eigenvalue weighted by molar-refractivity contribution is -0.140. The normalized spacial score (nSPS) is 16.8. The first kappa shape index (κ1) is 22.9. The van der Waals surface area contributed by atoms with E-state index in [9.17, 15) is 14.7 Å². The fraction of sp³-hybridized carbons (Fsp3) is 0.905. The van der Waals surface area contributed by atoms with Crippen molar-refractivity contribution >= 4 is 11.9 Å². The highest BCUT2D eigenvalue weighted by atomic mass is 16.5. The largest absolute Gasteiger partial charge is 0.469 e. The van der Waals surface area contributed by atoms with Crippen molar-refractivity contribution in [1.29, 1.82) is 0 Å². The Morgan fingerprint density at radius 3 is 1.73 bits per heavy atom. The second-order valence-electron chi connectivity index (χ2n) is 7.60. The summed E-state index contributed by atoms with van der Waals surface area (Å²) in [5, 5.41) is 9.45. The van der Waals surface area contributed by atoms with Crippen LogP contribution in [-0.4, -0.2) is 48.2 Å². The minimum Gasteiger partial charge on any atom is -0.469 e. The lowest BCUT2D eigenvalue weighted by Crippen LogP contribution is -2.29. The van der Waals surface area contributed by atoms with Gasteiger partial charge in [0.25, 0.3) is 0 Å². The number of amides is 1. The van der Waals surface area contributed by atoms with Crippen molar-refractivity contribution in [2.24, 2.45) is 0 Å². The fourth-order valence-electron chi connectivity index (χ4n) is 3.54. The molecule has 0 aromatic heterocycles. The van der Waals surface area contributed by atoms with E-state index in [1.54, 1.807) is 4.90 Å². The molecule has 1 aliphatic rings. The molecule has 5 heteroatoms. The Hall–Kier alpha value is -1.10. The first-order valence-corrected chi connectivity index (χ1v) is 10.7. The first-order chi connectivity index (χ1) is 12.6. The maximum atomic E-state index is 11.9. The molecule has 1 rings (SSSR count). The zero-order valence-corrected chi connectivity index (χ0v) is 16.7. The van der Waals surface area contributed by atoms with E-state index in [0.29, 0.717) is 19.4 Å². The Morgan fingerprint density at radius 2 is 1.31 bits per heavy atom. The summed E-state index contributed by atoms with van der Waals surface area (Å²) in [5.74, 6) is 0.123. The molecule has 1 heterocycles. The van der Waals surface area contributed by atoms with E-state index in [1.165, 1.54) is 58.5 Å². The maximum absolute atomic E-state index is 11.9. The molecule has 1 aliphatic heterocycles. The molecular weight excluding hydrogens is 330 g/mol. The second-order valence-corrected chi connectivity index (χ2v) is 7.60. The Balaban J connectivity index is 1.76. The van der Waals surface area contributed by atoms with Crippen LogP contribution in [0, 0.1) is 0 Å². The van der Waals surface area contributed by atoms with Gasteiger partial charge in [-0.2, -0.15) is 0 Å². The number of aliphatic hydroxyl groups excluding tert-OH is 1. The summed E-state index contributed by atoms with van der Waals surface area (Å²) in [4.78, 5) is 24.7. The number of hydrogen-bond acceptors (Lipinski definition) is 4. The average molecular weight is 370 g/mol. The van der Waals surface area contributed by atoms with Gasteiger partial charge in [-0.15, -0.1) is 0 Å². The van der Waals surface area contributed by atoms with Gasteiger partial charge in [-0.25, -0.2) is 0 Å². The van der Waals surface area contributed by atoms with Crippen LogP contribution in [-0.2, 0) is 14.3 Å². The van der Waals surface area contributed by atoms with Crippen molar-refractivity contribution in [2.45, 2.75) is 102 Å². The predicted octanol–water partition coefficient (Wildman–Crippen LogP) is 4.21. The van der Waals surface area contributed by atoms with E-state index >= 15 is 0 Å². The van der Waals surface area contributed by atoms with Crippen LogP contribution in [0.3, 0.4) is 0 Å². The highest BCUT2D eigenvalue weighted by Gasteiger charge is 2.23. The Labute approximate surface area is 159 Å². The number of ether oxygens (including phenoxy) is 1. The van der Waals surface area contributed by atoms with Gasteiger partial charge in [0.2, 0.25) is 5.91 Å². The van der Waals surface area contributed by atoms with Crippen LogP contribution < -0.4 is 0 Å². The van der Waals surface area contributed by atoms with Crippen molar-refractivity contribution in [2.75, 3.05) is 20.2 Å². The molecular formula is C21H39NO4. The van der Waals surface area contributed by atoms with E-state index in [0.717, 1.165) is 38.6 Å². The Kier molecular flexibility index (Phi) is 13.2. The molecule has 0 aliphatic carbocycles. The third kappa shape index (κ3) is 11.5. The molecule has 0 radical (unpaired) electrons. The molecule has 1 amide bonds. The summed E-state index contributed by atoms with van der Waals surface area (Å²) in [5.41, 5.74) is 0. The maximum Gasteiger partial charge on any atom is 0.305 e. The topological polar surface area (TPSA) is 66.8 Å². The summed E-state index contributed by atoms with van der Waals surface area (Å²) in [6.45, 7) is 1.26. The molecule has 26 heavy (non-hydrogen) atoms. The fourth-order valence-corrected chi connectivity index (χ4v) is 3.54. The van der Waals surface area contributed by atoms with Gasteiger partial charge in [-0.05, 0) is 19.3 Å². The molecule has 1 saturated heterocycles. The number of carbonyl (C=O) groups excluding carboxylic acids is 2. The molecule has 0 bridgehead atoms. The van der Waals surface area contributed by atoms with Crippen LogP contribution >= 0.6 is 0 Å². The van der Waals surface area contributed by atoms with Gasteiger partial charge in [0, 0.05) is 25.9 Å². The number of β-amino-alcohol motifs (C(OH)–C–C–N with tert-alkyl or cyclic N) is 1. The third-order valence-corrected chi connectivity index (χ3v) is 5.27. The van der Waals surface area contributed by atoms with Crippen LogP contribution in [0.15, 0.2) is 0 Å². The highest BCUT2D eigenvalue weighted by molar-refractivity contribution is 5.76. The minimum atomic E-state index is -0.307. The van der Waals surface area contributed by atoms with Crippen molar-refractivity contribution < 1.29 is 19.4 Å². The van der Waals surface area contributed by atoms with Crippen LogP contribution in [0.4, 0.5) is 0 Å². The molecule has 0 saturated carbocycles. The number of carbonyl (C=O) groups is 2. The van der Waals surface area contributed by atoms with Crippen LogP contribution in [0.5, 0.6) is 0 Å². The Bertz CT molecular complexity index is 386. The number of methoxy groups -OCH3 is 1. The van der Waals surface area contributed by atoms with Gasteiger partial charge in [0.15, 0.2) is 0 Å². The van der Waals surface area contributed by atoms with Gasteiger partial charge >= 0.3 is 5.97 Å². The molecule has 0 unspecified atom stereocenters. The van der Waals surface area contributed by atoms with Gasteiger partial charge in [-0.3, -0.25) is 9.59 Å². The highest BCUT2D eigenvalue weighted by Crippen LogP contribution is 2.15. The van der Waals surface area contributed by atoms with Crippen LogP contribution in [0.2, 0.25) is 0 Å². The van der Waals surface area contributed by atoms with Crippen LogP contribution in [0.1, 0.15) is 96.3 Å². The standard InChI is InChI=1S/C21H39NO4/c1-26-21(25)15-13-11-9-7-5-3-2-4-6-8-10-12-14-20(24)22-17-16-19(23)18-22/h19,23H,2-18H2,1H3/t19-/m0/s1. The number of hydrogen-bond donors (Lipinski definition) is 1. The van der Waals surface area contributed by atoms with Crippen molar-refractivity contribution in [3.05, 3.63) is 0 Å². The second kappa shape index (κ2) is 15.0. The van der Waals surface area contributed by atoms with Gasteiger partial charge in [0.05, 0.1) is 13.2 Å². The van der Waals surface area contributed by atoms with Crippen molar-refractivity contribution in [1.82, 2.24) is 4.90 Å². The predicted molar refractivity (Wildman–Crippen MR) is 104 cm³/mol. The molecule has 0 aromatic rings. The number of rotatable bonds is 15. The van der Waals surface area contributed by atoms with Gasteiger partial charge in [-0.1, -0.05) is 64.2 Å². The molecule has 5 nitrogen and oxygen atoms in total. The van der Waals surface area contributed by atoms with Crippen molar-refractivity contribution in [3.8, 4) is 0 Å². The third-order valence-electron chi connectivity index (χ3n) is 5.27. The van der Waals surface area contributed by atoms with E-state index in [4.69, 9.17) is 0 Å². The quantitative estimate of drug-likeness (QED) is 0.347. The monoisotopic (exact) mass is 369 g/mol. The van der Waals surface area contributed by atoms with Gasteiger partial charge in [0.1, 0.15) is 0 Å². The van der Waals surface area contributed by atoms with Crippen molar-refractivity contribution in [3.63, 3.8) is 0 Å². The number of aliphatic hydroxyl groups is 1. The molecule has 1 fully saturated rings. The van der Waals surface area contributed by atoms with E-state index in [-0.39, 0.29) is 18.0 Å². The Morgan fingerprint density at radius 1 is 0.846 bits per heavy atom. The first-order valence-electron chi connectivity index (χ1n) is 10.7.